The van der Waals surface area contributed by atoms with E-state index in [-0.39, 0.29) is 12.4 Å². The first-order valence-electron chi connectivity index (χ1n) is 6.17. The molecule has 1 rings (SSSR count). The molecular weight excluding hydrogens is 231 g/mol. The lowest BCUT2D eigenvalue weighted by atomic mass is 10.1. The van der Waals surface area contributed by atoms with E-state index in [0.717, 1.165) is 24.9 Å². The fraction of sp³-hybridized carbons (Fsp3) is 0.500. The molecular formula is C14H19FN2O. The molecule has 0 aliphatic heterocycles. The Labute approximate surface area is 107 Å². The normalized spacial score (nSPS) is 12.1. The zero-order valence-electron chi connectivity index (χ0n) is 10.6. The molecule has 18 heavy (non-hydrogen) atoms. The highest BCUT2D eigenvalue weighted by Crippen LogP contribution is 2.08. The Morgan fingerprint density at radius 3 is 2.89 bits per heavy atom. The van der Waals surface area contributed by atoms with E-state index in [9.17, 15) is 4.39 Å². The molecule has 0 saturated carbocycles. The van der Waals surface area contributed by atoms with Gasteiger partial charge in [0.05, 0.1) is 11.6 Å². The van der Waals surface area contributed by atoms with Crippen LogP contribution in [0.15, 0.2) is 18.2 Å². The standard InChI is InChI=1S/C14H19FN2O/c1-11(10-18)3-2-4-17-9-13-5-12(8-16)6-14(15)7-13/h5-7,11,17-18H,2-4,9-10H2,1H3. The van der Waals surface area contributed by atoms with Crippen molar-refractivity contribution in [3.8, 4) is 6.07 Å². The van der Waals surface area contributed by atoms with Gasteiger partial charge in [-0.15, -0.1) is 0 Å². The van der Waals surface area contributed by atoms with E-state index in [1.807, 2.05) is 13.0 Å². The predicted octanol–water partition coefficient (Wildman–Crippen LogP) is 2.20. The summed E-state index contributed by atoms with van der Waals surface area (Å²) in [6.07, 6.45) is 1.94. The van der Waals surface area contributed by atoms with Crippen molar-refractivity contribution >= 4 is 0 Å². The van der Waals surface area contributed by atoms with Crippen LogP contribution in [-0.2, 0) is 6.54 Å². The summed E-state index contributed by atoms with van der Waals surface area (Å²) in [6.45, 7) is 3.60. The fourth-order valence-electron chi connectivity index (χ4n) is 1.72. The first-order chi connectivity index (χ1) is 8.65. The second-order valence-electron chi connectivity index (χ2n) is 4.57. The fourth-order valence-corrected chi connectivity index (χ4v) is 1.72. The molecule has 2 N–H and O–H groups in total. The molecule has 3 nitrogen and oxygen atoms in total. The number of benzene rings is 1. The third-order valence-corrected chi connectivity index (χ3v) is 2.78. The van der Waals surface area contributed by atoms with Crippen LogP contribution in [0.5, 0.6) is 0 Å². The van der Waals surface area contributed by atoms with Crippen LogP contribution in [0.25, 0.3) is 0 Å². The van der Waals surface area contributed by atoms with E-state index in [0.29, 0.717) is 18.0 Å². The SMILES string of the molecule is CC(CO)CCCNCc1cc(F)cc(C#N)c1. The number of hydrogen-bond donors (Lipinski definition) is 2. The summed E-state index contributed by atoms with van der Waals surface area (Å²) in [5, 5.41) is 20.8. The number of aliphatic hydroxyl groups is 1. The van der Waals surface area contributed by atoms with Crippen LogP contribution in [0.1, 0.15) is 30.9 Å². The Balaban J connectivity index is 2.31. The molecule has 0 bridgehead atoms. The monoisotopic (exact) mass is 250 g/mol. The maximum Gasteiger partial charge on any atom is 0.124 e. The van der Waals surface area contributed by atoms with Gasteiger partial charge in [0.2, 0.25) is 0 Å². The van der Waals surface area contributed by atoms with Crippen molar-refractivity contribution in [1.29, 1.82) is 5.26 Å². The second-order valence-corrected chi connectivity index (χ2v) is 4.57. The first-order valence-corrected chi connectivity index (χ1v) is 6.17. The van der Waals surface area contributed by atoms with Crippen LogP contribution >= 0.6 is 0 Å². The zero-order chi connectivity index (χ0) is 13.4. The maximum absolute atomic E-state index is 13.1. The molecule has 1 aromatic carbocycles. The highest BCUT2D eigenvalue weighted by molar-refractivity contribution is 5.33. The Kier molecular flexibility index (Phi) is 6.34. The Bertz CT molecular complexity index is 415. The minimum atomic E-state index is -0.375. The molecule has 1 aromatic rings. The number of rotatable bonds is 7. The molecule has 0 amide bonds. The van der Waals surface area contributed by atoms with Crippen molar-refractivity contribution in [2.75, 3.05) is 13.2 Å². The molecule has 1 atom stereocenters. The molecule has 0 saturated heterocycles. The molecule has 0 fully saturated rings. The number of nitrogens with zero attached hydrogens (tertiary/aromatic N) is 1. The van der Waals surface area contributed by atoms with Gasteiger partial charge in [-0.25, -0.2) is 4.39 Å². The molecule has 0 aromatic heterocycles. The van der Waals surface area contributed by atoms with E-state index < -0.39 is 0 Å². The average Bonchev–Trinajstić information content (AvgIpc) is 2.37. The van der Waals surface area contributed by atoms with Crippen LogP contribution in [0.3, 0.4) is 0 Å². The predicted molar refractivity (Wildman–Crippen MR) is 68.3 cm³/mol. The highest BCUT2D eigenvalue weighted by atomic mass is 19.1. The number of nitriles is 1. The summed E-state index contributed by atoms with van der Waals surface area (Å²) in [6, 6.07) is 6.29. The number of nitrogens with one attached hydrogen (secondary N) is 1. The lowest BCUT2D eigenvalue weighted by Crippen LogP contribution is -2.16. The van der Waals surface area contributed by atoms with Crippen molar-refractivity contribution in [2.24, 2.45) is 5.92 Å². The number of halogens is 1. The van der Waals surface area contributed by atoms with E-state index >= 15 is 0 Å². The third kappa shape index (κ3) is 5.26. The van der Waals surface area contributed by atoms with Gasteiger partial charge >= 0.3 is 0 Å². The Morgan fingerprint density at radius 1 is 1.44 bits per heavy atom. The van der Waals surface area contributed by atoms with Crippen molar-refractivity contribution in [1.82, 2.24) is 5.32 Å². The largest absolute Gasteiger partial charge is 0.396 e. The molecule has 98 valence electrons. The third-order valence-electron chi connectivity index (χ3n) is 2.78. The Hall–Kier alpha value is -1.44. The van der Waals surface area contributed by atoms with Gasteiger partial charge in [-0.1, -0.05) is 6.92 Å². The smallest absolute Gasteiger partial charge is 0.124 e. The molecule has 0 heterocycles. The molecule has 1 unspecified atom stereocenters. The van der Waals surface area contributed by atoms with Crippen molar-refractivity contribution in [3.05, 3.63) is 35.1 Å². The molecule has 0 spiro atoms. The lowest BCUT2D eigenvalue weighted by Gasteiger charge is -2.08. The summed E-state index contributed by atoms with van der Waals surface area (Å²) in [7, 11) is 0. The van der Waals surface area contributed by atoms with Crippen LogP contribution in [0.4, 0.5) is 4.39 Å². The molecule has 0 aliphatic rings. The van der Waals surface area contributed by atoms with Gasteiger partial charge < -0.3 is 10.4 Å². The highest BCUT2D eigenvalue weighted by Gasteiger charge is 2.01. The van der Waals surface area contributed by atoms with Crippen molar-refractivity contribution < 1.29 is 9.50 Å². The number of hydrogen-bond acceptors (Lipinski definition) is 3. The summed E-state index contributed by atoms with van der Waals surface area (Å²) < 4.78 is 13.1. The molecule has 4 heteroatoms. The average molecular weight is 250 g/mol. The second kappa shape index (κ2) is 7.80. The van der Waals surface area contributed by atoms with Gasteiger partial charge in [-0.05, 0) is 49.1 Å². The Morgan fingerprint density at radius 2 is 2.22 bits per heavy atom. The first kappa shape index (κ1) is 14.6. The van der Waals surface area contributed by atoms with E-state index in [1.165, 1.54) is 12.1 Å². The quantitative estimate of drug-likeness (QED) is 0.729. The van der Waals surface area contributed by atoms with E-state index in [1.54, 1.807) is 6.07 Å². The van der Waals surface area contributed by atoms with Gasteiger partial charge in [0.25, 0.3) is 0 Å². The van der Waals surface area contributed by atoms with Crippen LogP contribution in [0.2, 0.25) is 0 Å². The zero-order valence-corrected chi connectivity index (χ0v) is 10.6. The van der Waals surface area contributed by atoms with Gasteiger partial charge in [-0.2, -0.15) is 5.26 Å². The summed E-state index contributed by atoms with van der Waals surface area (Å²) in [5.74, 6) is -0.0501. The maximum atomic E-state index is 13.1. The van der Waals surface area contributed by atoms with Crippen molar-refractivity contribution in [2.45, 2.75) is 26.3 Å². The summed E-state index contributed by atoms with van der Waals surface area (Å²) in [5.41, 5.74) is 1.13. The van der Waals surface area contributed by atoms with Gasteiger partial charge in [0.1, 0.15) is 5.82 Å². The van der Waals surface area contributed by atoms with Crippen LogP contribution in [-0.4, -0.2) is 18.3 Å². The molecule has 0 radical (unpaired) electrons. The van der Waals surface area contributed by atoms with E-state index in [4.69, 9.17) is 10.4 Å². The van der Waals surface area contributed by atoms with E-state index in [2.05, 4.69) is 5.32 Å². The van der Waals surface area contributed by atoms with Gasteiger partial charge in [0.15, 0.2) is 0 Å². The summed E-state index contributed by atoms with van der Waals surface area (Å²) in [4.78, 5) is 0. The minimum Gasteiger partial charge on any atom is -0.396 e. The van der Waals surface area contributed by atoms with Gasteiger partial charge in [0, 0.05) is 13.2 Å². The minimum absolute atomic E-state index is 0.218. The topological polar surface area (TPSA) is 56.0 Å². The van der Waals surface area contributed by atoms with Crippen LogP contribution in [0, 0.1) is 23.1 Å². The van der Waals surface area contributed by atoms with Gasteiger partial charge in [-0.3, -0.25) is 0 Å². The number of aliphatic hydroxyl groups excluding tert-OH is 1. The lowest BCUT2D eigenvalue weighted by molar-refractivity contribution is 0.228. The summed E-state index contributed by atoms with van der Waals surface area (Å²) >= 11 is 0. The van der Waals surface area contributed by atoms with Crippen molar-refractivity contribution in [3.63, 3.8) is 0 Å². The molecule has 0 aliphatic carbocycles. The van der Waals surface area contributed by atoms with Crippen LogP contribution < -0.4 is 5.32 Å².